The molecular formula is C15H12Cl3NO2. The lowest BCUT2D eigenvalue weighted by molar-refractivity contribution is -0.123. The van der Waals surface area contributed by atoms with Crippen LogP contribution in [0.5, 0.6) is 5.75 Å². The second-order valence-corrected chi connectivity index (χ2v) is 5.55. The summed E-state index contributed by atoms with van der Waals surface area (Å²) in [6.07, 6.45) is 0. The normalized spacial score (nSPS) is 10.2. The summed E-state index contributed by atoms with van der Waals surface area (Å²) < 4.78 is 5.34. The average Bonchev–Trinajstić information content (AvgIpc) is 2.47. The second-order valence-electron chi connectivity index (χ2n) is 4.27. The highest BCUT2D eigenvalue weighted by atomic mass is 35.5. The molecule has 1 amide bonds. The van der Waals surface area contributed by atoms with Crippen molar-refractivity contribution in [1.82, 2.24) is 5.32 Å². The molecule has 2 aromatic rings. The quantitative estimate of drug-likeness (QED) is 0.876. The molecule has 0 heterocycles. The molecule has 0 aliphatic heterocycles. The van der Waals surface area contributed by atoms with Crippen LogP contribution in [0.25, 0.3) is 0 Å². The maximum Gasteiger partial charge on any atom is 0.258 e. The lowest BCUT2D eigenvalue weighted by atomic mass is 10.2. The first-order chi connectivity index (χ1) is 10.0. The number of benzene rings is 2. The Morgan fingerprint density at radius 1 is 1.00 bits per heavy atom. The summed E-state index contributed by atoms with van der Waals surface area (Å²) in [6.45, 7) is 0.274. The van der Waals surface area contributed by atoms with Crippen molar-refractivity contribution >= 4 is 40.7 Å². The lowest BCUT2D eigenvalue weighted by Crippen LogP contribution is -2.28. The first-order valence-electron chi connectivity index (χ1n) is 6.13. The Balaban J connectivity index is 1.82. The van der Waals surface area contributed by atoms with E-state index >= 15 is 0 Å². The molecule has 110 valence electrons. The standard InChI is InChI=1S/C15H12Cl3NO2/c16-11-3-1-10(2-4-11)8-19-15(20)9-21-14-7-12(17)5-6-13(14)18/h1-7H,8-9H2,(H,19,20). The van der Waals surface area contributed by atoms with E-state index in [2.05, 4.69) is 5.32 Å². The van der Waals surface area contributed by atoms with Crippen LogP contribution >= 0.6 is 34.8 Å². The van der Waals surface area contributed by atoms with Gasteiger partial charge in [-0.25, -0.2) is 0 Å². The molecule has 3 nitrogen and oxygen atoms in total. The fraction of sp³-hybridized carbons (Fsp3) is 0.133. The number of halogens is 3. The summed E-state index contributed by atoms with van der Waals surface area (Å²) in [5, 5.41) is 4.30. The topological polar surface area (TPSA) is 38.3 Å². The minimum Gasteiger partial charge on any atom is -0.482 e. The number of hydrogen-bond acceptors (Lipinski definition) is 2. The van der Waals surface area contributed by atoms with Crippen molar-refractivity contribution in [3.63, 3.8) is 0 Å². The van der Waals surface area contributed by atoms with Crippen LogP contribution in [-0.4, -0.2) is 12.5 Å². The predicted molar refractivity (Wildman–Crippen MR) is 85.3 cm³/mol. The van der Waals surface area contributed by atoms with Crippen LogP contribution in [0.1, 0.15) is 5.56 Å². The first-order valence-corrected chi connectivity index (χ1v) is 7.27. The summed E-state index contributed by atoms with van der Waals surface area (Å²) in [6, 6.07) is 12.1. The third-order valence-electron chi connectivity index (χ3n) is 2.65. The third-order valence-corrected chi connectivity index (χ3v) is 3.45. The molecule has 0 aliphatic rings. The molecule has 0 saturated carbocycles. The van der Waals surface area contributed by atoms with E-state index in [1.807, 2.05) is 12.1 Å². The Hall–Kier alpha value is -1.42. The molecule has 6 heteroatoms. The van der Waals surface area contributed by atoms with Crippen LogP contribution in [0.15, 0.2) is 42.5 Å². The molecule has 0 saturated heterocycles. The average molecular weight is 345 g/mol. The van der Waals surface area contributed by atoms with Crippen molar-refractivity contribution in [2.75, 3.05) is 6.61 Å². The van der Waals surface area contributed by atoms with Gasteiger partial charge in [0, 0.05) is 22.7 Å². The molecule has 0 atom stereocenters. The van der Waals surface area contributed by atoms with Crippen LogP contribution in [-0.2, 0) is 11.3 Å². The van der Waals surface area contributed by atoms with E-state index in [9.17, 15) is 4.79 Å². The van der Waals surface area contributed by atoms with E-state index in [4.69, 9.17) is 39.5 Å². The van der Waals surface area contributed by atoms with Crippen LogP contribution in [0.4, 0.5) is 0 Å². The second kappa shape index (κ2) is 7.55. The minimum atomic E-state index is -0.249. The summed E-state index contributed by atoms with van der Waals surface area (Å²) in [5.74, 6) is 0.131. The summed E-state index contributed by atoms with van der Waals surface area (Å²) >= 11 is 17.6. The highest BCUT2D eigenvalue weighted by Crippen LogP contribution is 2.27. The van der Waals surface area contributed by atoms with Gasteiger partial charge in [0.15, 0.2) is 6.61 Å². The molecule has 0 spiro atoms. The van der Waals surface area contributed by atoms with Gasteiger partial charge in [-0.1, -0.05) is 46.9 Å². The molecule has 2 rings (SSSR count). The van der Waals surface area contributed by atoms with Crippen molar-refractivity contribution in [3.8, 4) is 5.75 Å². The number of amides is 1. The van der Waals surface area contributed by atoms with Crippen molar-refractivity contribution in [2.45, 2.75) is 6.54 Å². The van der Waals surface area contributed by atoms with Gasteiger partial charge in [0.1, 0.15) is 5.75 Å². The number of nitrogens with one attached hydrogen (secondary N) is 1. The van der Waals surface area contributed by atoms with Crippen molar-refractivity contribution in [1.29, 1.82) is 0 Å². The third kappa shape index (κ3) is 5.12. The van der Waals surface area contributed by atoms with E-state index in [1.54, 1.807) is 30.3 Å². The van der Waals surface area contributed by atoms with E-state index in [0.29, 0.717) is 27.4 Å². The SMILES string of the molecule is O=C(COc1cc(Cl)ccc1Cl)NCc1ccc(Cl)cc1. The maximum absolute atomic E-state index is 11.7. The molecule has 0 aromatic heterocycles. The summed E-state index contributed by atoms with van der Waals surface area (Å²) in [5.41, 5.74) is 0.952. The molecule has 0 unspecified atom stereocenters. The first kappa shape index (κ1) is 16.0. The van der Waals surface area contributed by atoms with Crippen LogP contribution in [0, 0.1) is 0 Å². The fourth-order valence-corrected chi connectivity index (χ4v) is 2.05. The Morgan fingerprint density at radius 3 is 2.38 bits per heavy atom. The Morgan fingerprint density at radius 2 is 1.67 bits per heavy atom. The van der Waals surface area contributed by atoms with Gasteiger partial charge in [-0.05, 0) is 29.8 Å². The van der Waals surface area contributed by atoms with Gasteiger partial charge in [-0.15, -0.1) is 0 Å². The van der Waals surface area contributed by atoms with E-state index in [-0.39, 0.29) is 12.5 Å². The molecule has 0 radical (unpaired) electrons. The van der Waals surface area contributed by atoms with Crippen molar-refractivity contribution in [3.05, 3.63) is 63.1 Å². The fourth-order valence-electron chi connectivity index (χ4n) is 1.59. The van der Waals surface area contributed by atoms with Crippen LogP contribution < -0.4 is 10.1 Å². The molecular weight excluding hydrogens is 333 g/mol. The van der Waals surface area contributed by atoms with Crippen LogP contribution in [0.3, 0.4) is 0 Å². The molecule has 0 bridgehead atoms. The van der Waals surface area contributed by atoms with Crippen molar-refractivity contribution in [2.24, 2.45) is 0 Å². The molecule has 21 heavy (non-hydrogen) atoms. The van der Waals surface area contributed by atoms with Gasteiger partial charge < -0.3 is 10.1 Å². The number of carbonyl (C=O) groups excluding carboxylic acids is 1. The van der Waals surface area contributed by atoms with Gasteiger partial charge in [-0.3, -0.25) is 4.79 Å². The van der Waals surface area contributed by atoms with E-state index in [1.165, 1.54) is 0 Å². The van der Waals surface area contributed by atoms with Gasteiger partial charge in [0.2, 0.25) is 0 Å². The zero-order valence-electron chi connectivity index (χ0n) is 10.9. The van der Waals surface area contributed by atoms with Gasteiger partial charge >= 0.3 is 0 Å². The van der Waals surface area contributed by atoms with Crippen molar-refractivity contribution < 1.29 is 9.53 Å². The zero-order chi connectivity index (χ0) is 15.2. The van der Waals surface area contributed by atoms with E-state index in [0.717, 1.165) is 5.56 Å². The molecule has 0 fully saturated rings. The summed E-state index contributed by atoms with van der Waals surface area (Å²) in [7, 11) is 0. The smallest absolute Gasteiger partial charge is 0.258 e. The predicted octanol–water partition coefficient (Wildman–Crippen LogP) is 4.34. The lowest BCUT2D eigenvalue weighted by Gasteiger charge is -2.09. The Labute approximate surface area is 137 Å². The Kier molecular flexibility index (Phi) is 5.74. The molecule has 2 aromatic carbocycles. The van der Waals surface area contributed by atoms with Gasteiger partial charge in [-0.2, -0.15) is 0 Å². The molecule has 1 N–H and O–H groups in total. The van der Waals surface area contributed by atoms with E-state index < -0.39 is 0 Å². The number of rotatable bonds is 5. The molecule has 0 aliphatic carbocycles. The zero-order valence-corrected chi connectivity index (χ0v) is 13.2. The van der Waals surface area contributed by atoms with Gasteiger partial charge in [0.25, 0.3) is 5.91 Å². The Bertz CT molecular complexity index is 629. The highest BCUT2D eigenvalue weighted by molar-refractivity contribution is 6.34. The number of carbonyl (C=O) groups is 1. The highest BCUT2D eigenvalue weighted by Gasteiger charge is 2.06. The largest absolute Gasteiger partial charge is 0.482 e. The number of hydrogen-bond donors (Lipinski definition) is 1. The monoisotopic (exact) mass is 343 g/mol. The van der Waals surface area contributed by atoms with Gasteiger partial charge in [0.05, 0.1) is 5.02 Å². The maximum atomic E-state index is 11.7. The van der Waals surface area contributed by atoms with Crippen LogP contribution in [0.2, 0.25) is 15.1 Å². The summed E-state index contributed by atoms with van der Waals surface area (Å²) in [4.78, 5) is 11.7. The number of ether oxygens (including phenoxy) is 1. The minimum absolute atomic E-state index is 0.131.